The Balaban J connectivity index is 1.86. The van der Waals surface area contributed by atoms with Crippen molar-refractivity contribution in [3.8, 4) is 11.3 Å². The average Bonchev–Trinajstić information content (AvgIpc) is 2.66. The lowest BCUT2D eigenvalue weighted by atomic mass is 10.1. The van der Waals surface area contributed by atoms with E-state index in [1.807, 2.05) is 0 Å². The number of alkyl halides is 3. The molecule has 2 aromatic carbocycles. The molecule has 0 aliphatic carbocycles. The maximum atomic E-state index is 13.2. The van der Waals surface area contributed by atoms with Crippen LogP contribution >= 0.6 is 27.7 Å². The standard InChI is InChI=1S/C19H12BrF3N2OS/c20-14-8-6-13(7-9-14)16(26)11-27-18-24-15(12-4-2-1-3-5-12)10-17(25-18)19(21,22)23/h1-10H,11H2. The van der Waals surface area contributed by atoms with Gasteiger partial charge in [0.25, 0.3) is 0 Å². The van der Waals surface area contributed by atoms with Crippen molar-refractivity contribution in [2.45, 2.75) is 11.3 Å². The third-order valence-corrected chi connectivity index (χ3v) is 4.94. The number of hydrogen-bond acceptors (Lipinski definition) is 4. The van der Waals surface area contributed by atoms with Gasteiger partial charge in [0.15, 0.2) is 10.9 Å². The van der Waals surface area contributed by atoms with Crippen LogP contribution in [0, 0.1) is 0 Å². The molecule has 1 aromatic heterocycles. The minimum absolute atomic E-state index is 0.0584. The number of carbonyl (C=O) groups excluding carboxylic acids is 1. The third-order valence-electron chi connectivity index (χ3n) is 3.56. The molecular weight excluding hydrogens is 441 g/mol. The lowest BCUT2D eigenvalue weighted by molar-refractivity contribution is -0.141. The molecule has 3 nitrogen and oxygen atoms in total. The summed E-state index contributed by atoms with van der Waals surface area (Å²) < 4.78 is 40.4. The Kier molecular flexibility index (Phi) is 5.96. The van der Waals surface area contributed by atoms with Crippen molar-refractivity contribution >= 4 is 33.5 Å². The molecule has 3 aromatic rings. The van der Waals surface area contributed by atoms with E-state index in [0.717, 1.165) is 22.3 Å². The van der Waals surface area contributed by atoms with Crippen molar-refractivity contribution in [3.63, 3.8) is 0 Å². The SMILES string of the molecule is O=C(CSc1nc(-c2ccccc2)cc(C(F)(F)F)n1)c1ccc(Br)cc1. The molecule has 0 saturated heterocycles. The first-order valence-electron chi connectivity index (χ1n) is 7.76. The summed E-state index contributed by atoms with van der Waals surface area (Å²) in [5.41, 5.74) is 0.152. The Hall–Kier alpha value is -2.19. The van der Waals surface area contributed by atoms with E-state index in [1.165, 1.54) is 0 Å². The zero-order valence-electron chi connectivity index (χ0n) is 13.7. The van der Waals surface area contributed by atoms with E-state index in [0.29, 0.717) is 11.1 Å². The van der Waals surface area contributed by atoms with E-state index in [9.17, 15) is 18.0 Å². The molecule has 0 bridgehead atoms. The summed E-state index contributed by atoms with van der Waals surface area (Å²) in [6, 6.07) is 16.2. The van der Waals surface area contributed by atoms with Crippen molar-refractivity contribution in [1.29, 1.82) is 0 Å². The molecule has 0 atom stereocenters. The molecule has 138 valence electrons. The summed E-state index contributed by atoms with van der Waals surface area (Å²) in [5, 5.41) is -0.0888. The Labute approximate surface area is 166 Å². The van der Waals surface area contributed by atoms with Gasteiger partial charge in [0, 0.05) is 15.6 Å². The van der Waals surface area contributed by atoms with Crippen molar-refractivity contribution in [1.82, 2.24) is 9.97 Å². The summed E-state index contributed by atoms with van der Waals surface area (Å²) in [6.07, 6.45) is -4.60. The number of benzene rings is 2. The molecule has 8 heteroatoms. The zero-order chi connectivity index (χ0) is 19.4. The molecule has 0 unspecified atom stereocenters. The van der Waals surface area contributed by atoms with Crippen LogP contribution in [0.1, 0.15) is 16.1 Å². The van der Waals surface area contributed by atoms with E-state index >= 15 is 0 Å². The van der Waals surface area contributed by atoms with E-state index in [-0.39, 0.29) is 22.4 Å². The number of ketones is 1. The summed E-state index contributed by atoms with van der Waals surface area (Å²) in [4.78, 5) is 20.0. The smallest absolute Gasteiger partial charge is 0.293 e. The molecule has 1 heterocycles. The molecule has 0 amide bonds. The topological polar surface area (TPSA) is 42.9 Å². The summed E-state index contributed by atoms with van der Waals surface area (Å²) in [5.74, 6) is -0.272. The van der Waals surface area contributed by atoms with Crippen LogP contribution in [0.25, 0.3) is 11.3 Å². The predicted octanol–water partition coefficient (Wildman–Crippen LogP) is 5.90. The van der Waals surface area contributed by atoms with Crippen LogP contribution in [0.2, 0.25) is 0 Å². The van der Waals surface area contributed by atoms with Gasteiger partial charge >= 0.3 is 6.18 Å². The van der Waals surface area contributed by atoms with Crippen LogP contribution in [0.3, 0.4) is 0 Å². The number of nitrogens with zero attached hydrogens (tertiary/aromatic N) is 2. The molecular formula is C19H12BrF3N2OS. The number of aromatic nitrogens is 2. The Morgan fingerprint density at radius 2 is 1.67 bits per heavy atom. The summed E-state index contributed by atoms with van der Waals surface area (Å²) >= 11 is 4.17. The number of carbonyl (C=O) groups is 1. The van der Waals surface area contributed by atoms with Gasteiger partial charge in [-0.05, 0) is 18.2 Å². The molecule has 0 aliphatic heterocycles. The maximum absolute atomic E-state index is 13.2. The van der Waals surface area contributed by atoms with E-state index < -0.39 is 11.9 Å². The van der Waals surface area contributed by atoms with Crippen molar-refractivity contribution < 1.29 is 18.0 Å². The summed E-state index contributed by atoms with van der Waals surface area (Å²) in [6.45, 7) is 0. The molecule has 0 fully saturated rings. The van der Waals surface area contributed by atoms with Gasteiger partial charge in [-0.15, -0.1) is 0 Å². The second-order valence-electron chi connectivity index (χ2n) is 5.50. The number of rotatable bonds is 5. The quantitative estimate of drug-likeness (QED) is 0.274. The van der Waals surface area contributed by atoms with Gasteiger partial charge < -0.3 is 0 Å². The monoisotopic (exact) mass is 452 g/mol. The lowest BCUT2D eigenvalue weighted by Gasteiger charge is -2.10. The first-order chi connectivity index (χ1) is 12.8. The maximum Gasteiger partial charge on any atom is 0.433 e. The van der Waals surface area contributed by atoms with Gasteiger partial charge in [0.2, 0.25) is 0 Å². The van der Waals surface area contributed by atoms with Crippen molar-refractivity contribution in [2.24, 2.45) is 0 Å². The first-order valence-corrected chi connectivity index (χ1v) is 9.54. The minimum atomic E-state index is -4.60. The second-order valence-corrected chi connectivity index (χ2v) is 7.36. The molecule has 3 rings (SSSR count). The minimum Gasteiger partial charge on any atom is -0.293 e. The lowest BCUT2D eigenvalue weighted by Crippen LogP contribution is -2.11. The summed E-state index contributed by atoms with van der Waals surface area (Å²) in [7, 11) is 0. The Morgan fingerprint density at radius 3 is 2.30 bits per heavy atom. The predicted molar refractivity (Wildman–Crippen MR) is 102 cm³/mol. The largest absolute Gasteiger partial charge is 0.433 e. The van der Waals surface area contributed by atoms with Crippen LogP contribution in [0.4, 0.5) is 13.2 Å². The number of Topliss-reactive ketones (excluding diaryl/α,β-unsaturated/α-hetero) is 1. The molecule has 0 saturated carbocycles. The van der Waals surface area contributed by atoms with Gasteiger partial charge in [-0.25, -0.2) is 9.97 Å². The number of thioether (sulfide) groups is 1. The Bertz CT molecular complexity index is 947. The van der Waals surface area contributed by atoms with Crippen LogP contribution in [-0.4, -0.2) is 21.5 Å². The van der Waals surface area contributed by atoms with Crippen LogP contribution in [-0.2, 0) is 6.18 Å². The third kappa shape index (κ3) is 5.17. The van der Waals surface area contributed by atoms with Crippen molar-refractivity contribution in [3.05, 3.63) is 76.4 Å². The number of halogens is 4. The highest BCUT2D eigenvalue weighted by atomic mass is 79.9. The Morgan fingerprint density at radius 1 is 1.00 bits per heavy atom. The fourth-order valence-corrected chi connectivity index (χ4v) is 3.26. The molecule has 0 aliphatic rings. The van der Waals surface area contributed by atoms with Gasteiger partial charge in [0.1, 0.15) is 5.69 Å². The van der Waals surface area contributed by atoms with Crippen LogP contribution in [0.5, 0.6) is 0 Å². The second kappa shape index (κ2) is 8.22. The average molecular weight is 453 g/mol. The van der Waals surface area contributed by atoms with E-state index in [4.69, 9.17) is 0 Å². The fraction of sp³-hybridized carbons (Fsp3) is 0.105. The highest BCUT2D eigenvalue weighted by Crippen LogP contribution is 2.32. The fourth-order valence-electron chi connectivity index (χ4n) is 2.24. The number of hydrogen-bond donors (Lipinski definition) is 0. The van der Waals surface area contributed by atoms with E-state index in [1.54, 1.807) is 54.6 Å². The zero-order valence-corrected chi connectivity index (χ0v) is 16.1. The van der Waals surface area contributed by atoms with E-state index in [2.05, 4.69) is 25.9 Å². The van der Waals surface area contributed by atoms with Crippen LogP contribution < -0.4 is 0 Å². The molecule has 0 spiro atoms. The highest BCUT2D eigenvalue weighted by molar-refractivity contribution is 9.10. The first kappa shape index (κ1) is 19.6. The molecule has 0 radical (unpaired) electrons. The molecule has 27 heavy (non-hydrogen) atoms. The van der Waals surface area contributed by atoms with Gasteiger partial charge in [-0.2, -0.15) is 13.2 Å². The van der Waals surface area contributed by atoms with Crippen molar-refractivity contribution in [2.75, 3.05) is 5.75 Å². The highest BCUT2D eigenvalue weighted by Gasteiger charge is 2.34. The van der Waals surface area contributed by atoms with Gasteiger partial charge in [0.05, 0.1) is 11.4 Å². The van der Waals surface area contributed by atoms with Gasteiger partial charge in [-0.1, -0.05) is 70.2 Å². The normalized spacial score (nSPS) is 11.4. The molecule has 0 N–H and O–H groups in total. The van der Waals surface area contributed by atoms with Gasteiger partial charge in [-0.3, -0.25) is 4.79 Å². The van der Waals surface area contributed by atoms with Crippen LogP contribution in [0.15, 0.2) is 70.3 Å².